The Morgan fingerprint density at radius 3 is 2.75 bits per heavy atom. The maximum Gasteiger partial charge on any atom is 0.282 e. The van der Waals surface area contributed by atoms with Crippen molar-refractivity contribution in [2.75, 3.05) is 0 Å². The second-order valence-electron chi connectivity index (χ2n) is 6.55. The summed E-state index contributed by atoms with van der Waals surface area (Å²) in [5.74, 6) is -3.36. The van der Waals surface area contributed by atoms with Crippen molar-refractivity contribution in [1.29, 1.82) is 5.26 Å². The van der Waals surface area contributed by atoms with Gasteiger partial charge in [-0.25, -0.2) is 21.6 Å². The molecule has 13 heteroatoms. The number of sulfone groups is 1. The van der Waals surface area contributed by atoms with Crippen LogP contribution in [0.2, 0.25) is 0 Å². The van der Waals surface area contributed by atoms with E-state index in [0.717, 1.165) is 13.9 Å². The molecule has 28 heavy (non-hydrogen) atoms. The van der Waals surface area contributed by atoms with Gasteiger partial charge >= 0.3 is 0 Å². The van der Waals surface area contributed by atoms with E-state index in [0.29, 0.717) is 11.1 Å². The van der Waals surface area contributed by atoms with Gasteiger partial charge in [0.25, 0.3) is 5.92 Å². The van der Waals surface area contributed by atoms with Crippen LogP contribution in [0.5, 0.6) is 0 Å². The Balaban J connectivity index is 2.20. The zero-order chi connectivity index (χ0) is 20.9. The molecule has 0 aliphatic heterocycles. The fourth-order valence-corrected chi connectivity index (χ4v) is 5.32. The van der Waals surface area contributed by atoms with Crippen molar-refractivity contribution in [3.05, 3.63) is 46.8 Å². The van der Waals surface area contributed by atoms with Crippen LogP contribution in [-0.2, 0) is 25.9 Å². The fourth-order valence-electron chi connectivity index (χ4n) is 3.11. The minimum absolute atomic E-state index is 0.0438. The third kappa shape index (κ3) is 3.58. The first-order valence-electron chi connectivity index (χ1n) is 7.87. The number of hydrogen-bond donors (Lipinski definition) is 0. The molecule has 1 aliphatic rings. The van der Waals surface area contributed by atoms with E-state index >= 15 is 0 Å². The molecule has 1 aromatic carbocycles. The lowest BCUT2D eigenvalue weighted by Gasteiger charge is -2.22. The quantitative estimate of drug-likeness (QED) is 0.330. The first kappa shape index (κ1) is 21.6. The molecule has 2 aromatic rings. The van der Waals surface area contributed by atoms with Gasteiger partial charge in [-0.15, -0.1) is 0 Å². The first-order valence-corrected chi connectivity index (χ1v) is 10.8. The molecular formula is C15H13BF3IN3O3PS. The lowest BCUT2D eigenvalue weighted by molar-refractivity contribution is -0.0705. The Morgan fingerprint density at radius 2 is 2.21 bits per heavy atom. The van der Waals surface area contributed by atoms with E-state index in [4.69, 9.17) is 8.33 Å². The molecule has 0 saturated carbocycles. The van der Waals surface area contributed by atoms with Crippen LogP contribution < -0.4 is 0 Å². The Hall–Kier alpha value is -1.16. The molecule has 0 fully saturated rings. The molecule has 3 atom stereocenters. The van der Waals surface area contributed by atoms with Gasteiger partial charge in [0, 0.05) is 18.2 Å². The number of halogens is 4. The Labute approximate surface area is 176 Å². The standard InChI is InChI=1S/C15H13BF3IN3O3PS/c16-15(19,27)28(24,25)11-2-1-9(7-23-6-8(4-21)5-22-23)10-3-14(17,18)13(26-20)12(10)11/h1-2,5-6,13H,3,7,16,27H2. The lowest BCUT2D eigenvalue weighted by Crippen LogP contribution is -2.29. The van der Waals surface area contributed by atoms with Gasteiger partial charge in [0.15, 0.2) is 18.6 Å². The third-order valence-corrected chi connectivity index (χ3v) is 7.90. The fraction of sp³-hybridized carbons (Fsp3) is 0.333. The molecule has 3 rings (SSSR count). The largest absolute Gasteiger partial charge is 0.301 e. The molecule has 3 unspecified atom stereocenters. The first-order chi connectivity index (χ1) is 12.9. The van der Waals surface area contributed by atoms with Crippen molar-refractivity contribution in [1.82, 2.24) is 9.78 Å². The molecule has 0 amide bonds. The second kappa shape index (κ2) is 7.27. The summed E-state index contributed by atoms with van der Waals surface area (Å²) in [7, 11) is -2.17. The Kier molecular flexibility index (Phi) is 5.60. The highest BCUT2D eigenvalue weighted by atomic mass is 127. The number of benzene rings is 1. The van der Waals surface area contributed by atoms with Crippen LogP contribution in [0.15, 0.2) is 29.4 Å². The van der Waals surface area contributed by atoms with Gasteiger partial charge in [-0.3, -0.25) is 4.68 Å². The normalized spacial score (nSPS) is 20.4. The third-order valence-electron chi connectivity index (χ3n) is 4.47. The van der Waals surface area contributed by atoms with Gasteiger partial charge in [0.2, 0.25) is 9.84 Å². The number of aromatic nitrogens is 2. The summed E-state index contributed by atoms with van der Waals surface area (Å²) in [6.45, 7) is 0.0438. The van der Waals surface area contributed by atoms with E-state index in [1.165, 1.54) is 46.1 Å². The summed E-state index contributed by atoms with van der Waals surface area (Å²) in [5, 5.41) is 12.9. The van der Waals surface area contributed by atoms with E-state index in [-0.39, 0.29) is 17.7 Å². The molecule has 1 aromatic heterocycles. The maximum absolute atomic E-state index is 14.6. The highest BCUT2D eigenvalue weighted by molar-refractivity contribution is 14.1. The van der Waals surface area contributed by atoms with E-state index < -0.39 is 37.8 Å². The Morgan fingerprint density at radius 1 is 1.54 bits per heavy atom. The van der Waals surface area contributed by atoms with Crippen LogP contribution in [0.4, 0.5) is 13.2 Å². The molecule has 148 valence electrons. The molecule has 0 bridgehead atoms. The lowest BCUT2D eigenvalue weighted by atomic mass is 10.0. The SMILES string of the molecule is BC(F)(P)S(=O)(=O)c1ccc(Cn2cc(C#N)cn2)c2c1C(OI)C(F)(F)C2. The summed E-state index contributed by atoms with van der Waals surface area (Å²) in [5.41, 5.74) is 0.527. The van der Waals surface area contributed by atoms with Crippen LogP contribution in [0.1, 0.15) is 28.4 Å². The highest BCUT2D eigenvalue weighted by Crippen LogP contribution is 2.51. The minimum Gasteiger partial charge on any atom is -0.301 e. The van der Waals surface area contributed by atoms with Gasteiger partial charge in [0.1, 0.15) is 29.1 Å². The predicted octanol–water partition coefficient (Wildman–Crippen LogP) is 2.26. The summed E-state index contributed by atoms with van der Waals surface area (Å²) >= 11 is 1.29. The number of alkyl halides is 3. The van der Waals surface area contributed by atoms with Crippen molar-refractivity contribution in [2.45, 2.75) is 34.5 Å². The van der Waals surface area contributed by atoms with Crippen LogP contribution in [0.25, 0.3) is 0 Å². The topological polar surface area (TPSA) is 85.0 Å². The van der Waals surface area contributed by atoms with Gasteiger partial charge in [-0.1, -0.05) is 15.3 Å². The monoisotopic (exact) mass is 541 g/mol. The number of nitrogens with zero attached hydrogens (tertiary/aromatic N) is 3. The number of nitriles is 1. The molecule has 0 N–H and O–H groups in total. The number of rotatable bonds is 5. The number of fused-ring (bicyclic) bond motifs is 1. The second-order valence-corrected chi connectivity index (χ2v) is 10.8. The molecule has 1 aliphatic carbocycles. The molecule has 6 nitrogen and oxygen atoms in total. The zero-order valence-corrected chi connectivity index (χ0v) is 18.5. The van der Waals surface area contributed by atoms with Crippen molar-refractivity contribution in [3.8, 4) is 6.07 Å². The van der Waals surface area contributed by atoms with Crippen molar-refractivity contribution >= 4 is 49.9 Å². The van der Waals surface area contributed by atoms with E-state index in [1.54, 1.807) is 9.24 Å². The van der Waals surface area contributed by atoms with Crippen LogP contribution in [0.3, 0.4) is 0 Å². The molecule has 0 radical (unpaired) electrons. The molecule has 0 spiro atoms. The average molecular weight is 541 g/mol. The van der Waals surface area contributed by atoms with Crippen LogP contribution >= 0.6 is 32.2 Å². The van der Waals surface area contributed by atoms with Crippen molar-refractivity contribution in [2.24, 2.45) is 0 Å². The minimum atomic E-state index is -4.57. The summed E-state index contributed by atoms with van der Waals surface area (Å²) in [4.78, 5) is -0.525. The van der Waals surface area contributed by atoms with Gasteiger partial charge < -0.3 is 3.07 Å². The van der Waals surface area contributed by atoms with Crippen molar-refractivity contribution in [3.63, 3.8) is 0 Å². The van der Waals surface area contributed by atoms with Crippen LogP contribution in [0, 0.1) is 11.3 Å². The van der Waals surface area contributed by atoms with Crippen LogP contribution in [-0.4, -0.2) is 36.6 Å². The average Bonchev–Trinajstić information content (AvgIpc) is 3.14. The predicted molar refractivity (Wildman–Crippen MR) is 108 cm³/mol. The molecule has 1 heterocycles. The Bertz CT molecular complexity index is 1080. The molecular weight excluding hydrogens is 528 g/mol. The zero-order valence-electron chi connectivity index (χ0n) is 14.4. The summed E-state index contributed by atoms with van der Waals surface area (Å²) in [6.07, 6.45) is 0.193. The van der Waals surface area contributed by atoms with Gasteiger partial charge in [-0.05, 0) is 17.2 Å². The van der Waals surface area contributed by atoms with E-state index in [9.17, 15) is 21.6 Å². The highest BCUT2D eigenvalue weighted by Gasteiger charge is 2.53. The van der Waals surface area contributed by atoms with Gasteiger partial charge in [0.05, 0.1) is 23.2 Å². The van der Waals surface area contributed by atoms with Crippen molar-refractivity contribution < 1.29 is 24.7 Å². The van der Waals surface area contributed by atoms with E-state index in [2.05, 4.69) is 5.10 Å². The summed E-state index contributed by atoms with van der Waals surface area (Å²) in [6, 6.07) is 4.39. The summed E-state index contributed by atoms with van der Waals surface area (Å²) < 4.78 is 72.3. The smallest absolute Gasteiger partial charge is 0.282 e. The molecule has 0 saturated heterocycles. The van der Waals surface area contributed by atoms with Gasteiger partial charge in [-0.2, -0.15) is 10.4 Å². The van der Waals surface area contributed by atoms with E-state index in [1.807, 2.05) is 6.07 Å². The number of hydrogen-bond acceptors (Lipinski definition) is 5. The maximum atomic E-state index is 14.6.